The minimum absolute atomic E-state index is 0.00990. The van der Waals surface area contributed by atoms with Crippen LogP contribution in [0, 0.1) is 0 Å². The van der Waals surface area contributed by atoms with Gasteiger partial charge in [-0.25, -0.2) is 4.98 Å². The molecule has 1 heterocycles. The first-order chi connectivity index (χ1) is 12.2. The minimum Gasteiger partial charge on any atom is -0.346 e. The van der Waals surface area contributed by atoms with Crippen LogP contribution in [0.25, 0.3) is 21.8 Å². The number of H-pyrrole nitrogens is 1. The van der Waals surface area contributed by atoms with Gasteiger partial charge in [0.25, 0.3) is 0 Å². The molecule has 0 bridgehead atoms. The summed E-state index contributed by atoms with van der Waals surface area (Å²) in [7, 11) is 0. The van der Waals surface area contributed by atoms with Crippen LogP contribution in [0.4, 0.5) is 0 Å². The van der Waals surface area contributed by atoms with E-state index in [9.17, 15) is 4.79 Å². The highest BCUT2D eigenvalue weighted by atomic mass is 16.1. The van der Waals surface area contributed by atoms with Gasteiger partial charge < -0.3 is 10.3 Å². The van der Waals surface area contributed by atoms with E-state index >= 15 is 0 Å². The maximum atomic E-state index is 12.5. The van der Waals surface area contributed by atoms with E-state index in [1.165, 1.54) is 0 Å². The van der Waals surface area contributed by atoms with Crippen molar-refractivity contribution in [2.24, 2.45) is 0 Å². The lowest BCUT2D eigenvalue weighted by atomic mass is 10.0. The topological polar surface area (TPSA) is 57.8 Å². The van der Waals surface area contributed by atoms with Gasteiger partial charge in [0.05, 0.1) is 23.5 Å². The molecule has 0 aliphatic heterocycles. The lowest BCUT2D eigenvalue weighted by Crippen LogP contribution is -2.28. The molecule has 0 spiro atoms. The summed E-state index contributed by atoms with van der Waals surface area (Å²) in [5, 5.41) is 5.31. The number of benzene rings is 3. The quantitative estimate of drug-likeness (QED) is 0.591. The molecule has 0 unspecified atom stereocenters. The number of hydrogen-bond donors (Lipinski definition) is 2. The lowest BCUT2D eigenvalue weighted by molar-refractivity contribution is -0.121. The predicted octanol–water partition coefficient (Wildman–Crippen LogP) is 4.14. The van der Waals surface area contributed by atoms with E-state index in [1.54, 1.807) is 0 Å². The molecule has 0 saturated carbocycles. The molecule has 0 fully saturated rings. The molecule has 3 aromatic carbocycles. The molecule has 4 nitrogen and oxygen atoms in total. The number of para-hydroxylation sites is 2. The Kier molecular flexibility index (Phi) is 3.94. The third-order valence-electron chi connectivity index (χ3n) is 4.43. The molecular formula is C21H19N3O. The van der Waals surface area contributed by atoms with E-state index in [1.807, 2.05) is 55.5 Å². The average molecular weight is 329 g/mol. The summed E-state index contributed by atoms with van der Waals surface area (Å²) >= 11 is 0. The summed E-state index contributed by atoms with van der Waals surface area (Å²) < 4.78 is 0. The summed E-state index contributed by atoms with van der Waals surface area (Å²) in [6.45, 7) is 1.94. The van der Waals surface area contributed by atoms with Crippen LogP contribution in [0.2, 0.25) is 0 Å². The van der Waals surface area contributed by atoms with Crippen molar-refractivity contribution in [3.8, 4) is 0 Å². The molecule has 0 aliphatic rings. The van der Waals surface area contributed by atoms with Crippen LogP contribution >= 0.6 is 0 Å². The molecule has 25 heavy (non-hydrogen) atoms. The largest absolute Gasteiger partial charge is 0.346 e. The van der Waals surface area contributed by atoms with Gasteiger partial charge in [-0.1, -0.05) is 54.6 Å². The summed E-state index contributed by atoms with van der Waals surface area (Å²) in [4.78, 5) is 20.3. The van der Waals surface area contributed by atoms with Crippen molar-refractivity contribution in [2.45, 2.75) is 19.4 Å². The van der Waals surface area contributed by atoms with Crippen molar-refractivity contribution in [2.75, 3.05) is 0 Å². The standard InChI is InChI=1S/C21H19N3O/c1-14(21-23-18-11-4-5-12-19(18)24-21)22-20(25)13-16-9-6-8-15-7-2-3-10-17(15)16/h2-12,14H,13H2,1H3,(H,22,25)(H,23,24)/t14-/m1/s1. The molecule has 0 aliphatic carbocycles. The normalized spacial score (nSPS) is 12.4. The second-order valence-corrected chi connectivity index (χ2v) is 6.24. The van der Waals surface area contributed by atoms with Crippen LogP contribution in [-0.4, -0.2) is 15.9 Å². The Labute approximate surface area is 145 Å². The van der Waals surface area contributed by atoms with E-state index in [-0.39, 0.29) is 11.9 Å². The lowest BCUT2D eigenvalue weighted by Gasteiger charge is -2.12. The van der Waals surface area contributed by atoms with Crippen LogP contribution < -0.4 is 5.32 Å². The maximum absolute atomic E-state index is 12.5. The van der Waals surface area contributed by atoms with E-state index in [0.29, 0.717) is 6.42 Å². The van der Waals surface area contributed by atoms with E-state index in [0.717, 1.165) is 33.2 Å². The van der Waals surface area contributed by atoms with Crippen LogP contribution in [0.3, 0.4) is 0 Å². The fourth-order valence-corrected chi connectivity index (χ4v) is 3.16. The second kappa shape index (κ2) is 6.40. The molecule has 4 heteroatoms. The van der Waals surface area contributed by atoms with Gasteiger partial charge in [0.1, 0.15) is 5.82 Å². The van der Waals surface area contributed by atoms with Gasteiger partial charge in [-0.15, -0.1) is 0 Å². The van der Waals surface area contributed by atoms with Gasteiger partial charge in [-0.2, -0.15) is 0 Å². The number of hydrogen-bond acceptors (Lipinski definition) is 2. The van der Waals surface area contributed by atoms with Gasteiger partial charge in [0.2, 0.25) is 5.91 Å². The number of rotatable bonds is 4. The highest BCUT2D eigenvalue weighted by molar-refractivity contribution is 5.90. The van der Waals surface area contributed by atoms with Gasteiger partial charge >= 0.3 is 0 Å². The van der Waals surface area contributed by atoms with Gasteiger partial charge in [0, 0.05) is 0 Å². The molecule has 1 aromatic heterocycles. The number of aromatic nitrogens is 2. The number of nitrogens with one attached hydrogen (secondary N) is 2. The second-order valence-electron chi connectivity index (χ2n) is 6.24. The van der Waals surface area contributed by atoms with Crippen molar-refractivity contribution in [3.05, 3.63) is 78.1 Å². The zero-order valence-corrected chi connectivity index (χ0v) is 14.0. The molecular weight excluding hydrogens is 310 g/mol. The zero-order valence-electron chi connectivity index (χ0n) is 14.0. The minimum atomic E-state index is -0.171. The average Bonchev–Trinajstić information content (AvgIpc) is 3.06. The fourth-order valence-electron chi connectivity index (χ4n) is 3.16. The van der Waals surface area contributed by atoms with Crippen molar-refractivity contribution >= 4 is 27.7 Å². The molecule has 1 amide bonds. The first kappa shape index (κ1) is 15.4. The number of imidazole rings is 1. The molecule has 1 atom stereocenters. The summed E-state index contributed by atoms with van der Waals surface area (Å²) in [6, 6.07) is 21.9. The molecule has 124 valence electrons. The third kappa shape index (κ3) is 3.11. The van der Waals surface area contributed by atoms with Crippen molar-refractivity contribution in [1.82, 2.24) is 15.3 Å². The number of amides is 1. The van der Waals surface area contributed by atoms with Crippen molar-refractivity contribution < 1.29 is 4.79 Å². The summed E-state index contributed by atoms with van der Waals surface area (Å²) in [5.74, 6) is 0.761. The Morgan fingerprint density at radius 1 is 1.04 bits per heavy atom. The molecule has 0 radical (unpaired) electrons. The highest BCUT2D eigenvalue weighted by Gasteiger charge is 2.14. The first-order valence-corrected chi connectivity index (χ1v) is 8.41. The Morgan fingerprint density at radius 2 is 1.80 bits per heavy atom. The van der Waals surface area contributed by atoms with E-state index in [4.69, 9.17) is 0 Å². The third-order valence-corrected chi connectivity index (χ3v) is 4.43. The maximum Gasteiger partial charge on any atom is 0.225 e. The van der Waals surface area contributed by atoms with Crippen LogP contribution in [0.1, 0.15) is 24.4 Å². The Morgan fingerprint density at radius 3 is 2.68 bits per heavy atom. The zero-order chi connectivity index (χ0) is 17.2. The van der Waals surface area contributed by atoms with Crippen molar-refractivity contribution in [1.29, 1.82) is 0 Å². The van der Waals surface area contributed by atoms with Crippen molar-refractivity contribution in [3.63, 3.8) is 0 Å². The SMILES string of the molecule is C[C@@H](NC(=O)Cc1cccc2ccccc12)c1nc2ccccc2[nH]1. The van der Waals surface area contributed by atoms with Gasteiger partial charge in [-0.05, 0) is 35.4 Å². The molecule has 4 aromatic rings. The summed E-state index contributed by atoms with van der Waals surface area (Å²) in [5.41, 5.74) is 2.92. The van der Waals surface area contributed by atoms with Crippen LogP contribution in [0.5, 0.6) is 0 Å². The number of nitrogens with zero attached hydrogens (tertiary/aromatic N) is 1. The number of aromatic amines is 1. The number of carbonyl (C=O) groups excluding carboxylic acids is 1. The first-order valence-electron chi connectivity index (χ1n) is 8.41. The van der Waals surface area contributed by atoms with Gasteiger partial charge in [0.15, 0.2) is 0 Å². The fraction of sp³-hybridized carbons (Fsp3) is 0.143. The van der Waals surface area contributed by atoms with E-state index < -0.39 is 0 Å². The molecule has 0 saturated heterocycles. The Balaban J connectivity index is 1.51. The molecule has 4 rings (SSSR count). The Bertz CT molecular complexity index is 1010. The number of fused-ring (bicyclic) bond motifs is 2. The summed E-state index contributed by atoms with van der Waals surface area (Å²) in [6.07, 6.45) is 0.353. The smallest absolute Gasteiger partial charge is 0.225 e. The highest BCUT2D eigenvalue weighted by Crippen LogP contribution is 2.20. The molecule has 2 N–H and O–H groups in total. The van der Waals surface area contributed by atoms with Crippen LogP contribution in [0.15, 0.2) is 66.7 Å². The number of carbonyl (C=O) groups is 1. The van der Waals surface area contributed by atoms with Gasteiger partial charge in [-0.3, -0.25) is 4.79 Å². The predicted molar refractivity (Wildman–Crippen MR) is 100 cm³/mol. The monoisotopic (exact) mass is 329 g/mol. The van der Waals surface area contributed by atoms with E-state index in [2.05, 4.69) is 33.5 Å². The van der Waals surface area contributed by atoms with Crippen LogP contribution in [-0.2, 0) is 11.2 Å². The Hall–Kier alpha value is -3.14.